The van der Waals surface area contributed by atoms with Gasteiger partial charge in [-0.3, -0.25) is 0 Å². The van der Waals surface area contributed by atoms with Gasteiger partial charge in [0.25, 0.3) is 0 Å². The van der Waals surface area contributed by atoms with E-state index in [1.54, 1.807) is 0 Å². The number of para-hydroxylation sites is 2. The van der Waals surface area contributed by atoms with Gasteiger partial charge in [-0.25, -0.2) is 0 Å². The van der Waals surface area contributed by atoms with Crippen molar-refractivity contribution >= 4 is 43.6 Å². The van der Waals surface area contributed by atoms with Crippen molar-refractivity contribution in [3.63, 3.8) is 0 Å². The van der Waals surface area contributed by atoms with Crippen LogP contribution in [0.15, 0.2) is 255 Å². The molecule has 1 aliphatic rings. The molecule has 0 spiro atoms. The van der Waals surface area contributed by atoms with Crippen molar-refractivity contribution in [3.05, 3.63) is 266 Å². The number of aromatic nitrogens is 2. The van der Waals surface area contributed by atoms with Gasteiger partial charge >= 0.3 is 0 Å². The maximum absolute atomic E-state index is 2.50. The Hall–Kier alpha value is -8.98. The molecule has 0 saturated carbocycles. The van der Waals surface area contributed by atoms with Crippen LogP contribution in [0, 0.1) is 0 Å². The van der Waals surface area contributed by atoms with Gasteiger partial charge in [-0.1, -0.05) is 202 Å². The van der Waals surface area contributed by atoms with Gasteiger partial charge in [0.2, 0.25) is 0 Å². The molecule has 0 aliphatic heterocycles. The Balaban J connectivity index is 1.000. The van der Waals surface area contributed by atoms with Crippen molar-refractivity contribution in [3.8, 4) is 78.1 Å². The fraction of sp³-hybridized carbons (Fsp3) is 0.0435. The van der Waals surface area contributed by atoms with Crippen molar-refractivity contribution in [1.82, 2.24) is 9.13 Å². The van der Waals surface area contributed by atoms with Crippen LogP contribution >= 0.6 is 0 Å². The molecule has 0 amide bonds. The van der Waals surface area contributed by atoms with Crippen molar-refractivity contribution in [2.45, 2.75) is 19.3 Å². The standard InChI is InChI=1S/C69H48N2/c1-69(2)62-33-15-12-30-54(62)60-43-61-56-32-14-17-35-65(56)71(67(61)44-63(60)69)53-29-19-27-50(39-53)59-41-51(46-22-8-4-9-23-46)40-58(68(59)47-24-10-5-11-25-47)49-26-18-28-52(38-49)70-64-34-16-13-31-55(64)57-37-36-48(42-66(57)70)45-20-6-3-7-21-45/h3-44H,1-2H3. The molecular formula is C69H48N2. The third-order valence-electron chi connectivity index (χ3n) is 15.3. The van der Waals surface area contributed by atoms with Gasteiger partial charge in [0.05, 0.1) is 22.1 Å². The zero-order valence-corrected chi connectivity index (χ0v) is 39.6. The quantitative estimate of drug-likeness (QED) is 0.151. The van der Waals surface area contributed by atoms with Crippen molar-refractivity contribution < 1.29 is 0 Å². The maximum Gasteiger partial charge on any atom is 0.0547 e. The van der Waals surface area contributed by atoms with E-state index in [9.17, 15) is 0 Å². The normalized spacial score (nSPS) is 12.8. The molecule has 334 valence electrons. The third-order valence-corrected chi connectivity index (χ3v) is 15.3. The Kier molecular flexibility index (Phi) is 9.28. The maximum atomic E-state index is 2.50. The number of hydrogen-bond acceptors (Lipinski definition) is 0. The number of rotatable bonds is 7. The molecule has 0 unspecified atom stereocenters. The van der Waals surface area contributed by atoms with Crippen LogP contribution in [-0.4, -0.2) is 9.13 Å². The summed E-state index contributed by atoms with van der Waals surface area (Å²) in [6.07, 6.45) is 0. The van der Waals surface area contributed by atoms with Gasteiger partial charge in [0, 0.05) is 38.3 Å². The zero-order chi connectivity index (χ0) is 47.2. The minimum atomic E-state index is -0.119. The highest BCUT2D eigenvalue weighted by Gasteiger charge is 2.36. The van der Waals surface area contributed by atoms with Gasteiger partial charge in [0.1, 0.15) is 0 Å². The van der Waals surface area contributed by atoms with Crippen LogP contribution in [0.25, 0.3) is 122 Å². The van der Waals surface area contributed by atoms with Gasteiger partial charge in [-0.05, 0) is 145 Å². The van der Waals surface area contributed by atoms with E-state index >= 15 is 0 Å². The Morgan fingerprint density at radius 3 is 1.35 bits per heavy atom. The summed E-state index contributed by atoms with van der Waals surface area (Å²) in [7, 11) is 0. The summed E-state index contributed by atoms with van der Waals surface area (Å²) < 4.78 is 4.95. The number of fused-ring (bicyclic) bond motifs is 9. The number of nitrogens with zero attached hydrogens (tertiary/aromatic N) is 2. The minimum Gasteiger partial charge on any atom is -0.309 e. The van der Waals surface area contributed by atoms with E-state index in [1.807, 2.05) is 0 Å². The minimum absolute atomic E-state index is 0.119. The van der Waals surface area contributed by atoms with Gasteiger partial charge in [-0.2, -0.15) is 0 Å². The summed E-state index contributed by atoms with van der Waals surface area (Å²) >= 11 is 0. The van der Waals surface area contributed by atoms with E-state index in [0.29, 0.717) is 0 Å². The lowest BCUT2D eigenvalue weighted by atomic mass is 9.82. The van der Waals surface area contributed by atoms with E-state index in [1.165, 1.54) is 110 Å². The lowest BCUT2D eigenvalue weighted by Crippen LogP contribution is -2.14. The molecule has 14 rings (SSSR count). The van der Waals surface area contributed by atoms with Crippen molar-refractivity contribution in [2.24, 2.45) is 0 Å². The summed E-state index contributed by atoms with van der Waals surface area (Å²) in [4.78, 5) is 0. The van der Waals surface area contributed by atoms with E-state index in [2.05, 4.69) is 278 Å². The largest absolute Gasteiger partial charge is 0.309 e. The predicted molar refractivity (Wildman–Crippen MR) is 300 cm³/mol. The molecule has 0 bridgehead atoms. The van der Waals surface area contributed by atoms with Crippen LogP contribution in [0.4, 0.5) is 0 Å². The molecule has 0 radical (unpaired) electrons. The van der Waals surface area contributed by atoms with Gasteiger partial charge in [0.15, 0.2) is 0 Å². The Bertz CT molecular complexity index is 4230. The highest BCUT2D eigenvalue weighted by molar-refractivity contribution is 6.13. The average Bonchev–Trinajstić information content (AvgIpc) is 4.03. The second kappa shape index (κ2) is 16.1. The molecule has 71 heavy (non-hydrogen) atoms. The summed E-state index contributed by atoms with van der Waals surface area (Å²) in [5, 5.41) is 5.02. The molecule has 2 aromatic heterocycles. The topological polar surface area (TPSA) is 9.86 Å². The highest BCUT2D eigenvalue weighted by Crippen LogP contribution is 2.51. The average molecular weight is 905 g/mol. The van der Waals surface area contributed by atoms with Crippen LogP contribution < -0.4 is 0 Å². The molecular weight excluding hydrogens is 857 g/mol. The third kappa shape index (κ3) is 6.49. The van der Waals surface area contributed by atoms with Crippen LogP contribution in [0.5, 0.6) is 0 Å². The molecule has 2 heteroatoms. The Labute approximate surface area is 414 Å². The smallest absolute Gasteiger partial charge is 0.0547 e. The molecule has 0 fully saturated rings. The van der Waals surface area contributed by atoms with E-state index < -0.39 is 0 Å². The van der Waals surface area contributed by atoms with Crippen LogP contribution in [0.3, 0.4) is 0 Å². The Morgan fingerprint density at radius 2 is 0.732 bits per heavy atom. The first kappa shape index (κ1) is 41.0. The molecule has 11 aromatic carbocycles. The fourth-order valence-electron chi connectivity index (χ4n) is 11.9. The molecule has 2 nitrogen and oxygen atoms in total. The molecule has 13 aromatic rings. The second-order valence-corrected chi connectivity index (χ2v) is 19.7. The Morgan fingerprint density at radius 1 is 0.254 bits per heavy atom. The number of hydrogen-bond donors (Lipinski definition) is 0. The van der Waals surface area contributed by atoms with E-state index in [-0.39, 0.29) is 5.41 Å². The first-order valence-corrected chi connectivity index (χ1v) is 24.7. The lowest BCUT2D eigenvalue weighted by Gasteiger charge is -2.22. The molecule has 0 atom stereocenters. The summed E-state index contributed by atoms with van der Waals surface area (Å²) in [5.41, 5.74) is 24.2. The summed E-state index contributed by atoms with van der Waals surface area (Å²) in [5.74, 6) is 0. The lowest BCUT2D eigenvalue weighted by molar-refractivity contribution is 0.661. The summed E-state index contributed by atoms with van der Waals surface area (Å²) in [6.45, 7) is 4.75. The molecule has 0 N–H and O–H groups in total. The van der Waals surface area contributed by atoms with E-state index in [4.69, 9.17) is 0 Å². The first-order valence-electron chi connectivity index (χ1n) is 24.7. The number of benzene rings is 11. The van der Waals surface area contributed by atoms with Gasteiger partial charge in [-0.15, -0.1) is 0 Å². The SMILES string of the molecule is CC1(C)c2ccccc2-c2cc3c4ccccc4n(-c4cccc(-c5cc(-c6ccccc6)cc(-c6cccc(-n7c8ccccc8c8ccc(-c9ccccc9)cc87)c6)c5-c5ccccc5)c4)c3cc21. The van der Waals surface area contributed by atoms with Crippen molar-refractivity contribution in [2.75, 3.05) is 0 Å². The summed E-state index contributed by atoms with van der Waals surface area (Å²) in [6, 6.07) is 94.3. The van der Waals surface area contributed by atoms with Crippen LogP contribution in [0.2, 0.25) is 0 Å². The fourth-order valence-corrected chi connectivity index (χ4v) is 11.9. The molecule has 2 heterocycles. The van der Waals surface area contributed by atoms with Crippen molar-refractivity contribution in [1.29, 1.82) is 0 Å². The second-order valence-electron chi connectivity index (χ2n) is 19.7. The van der Waals surface area contributed by atoms with Gasteiger partial charge < -0.3 is 9.13 Å². The molecule has 0 saturated heterocycles. The highest BCUT2D eigenvalue weighted by atomic mass is 15.0. The first-order chi connectivity index (χ1) is 35.0. The van der Waals surface area contributed by atoms with Crippen LogP contribution in [-0.2, 0) is 5.41 Å². The zero-order valence-electron chi connectivity index (χ0n) is 39.6. The molecule has 1 aliphatic carbocycles. The van der Waals surface area contributed by atoms with Crippen LogP contribution in [0.1, 0.15) is 25.0 Å². The predicted octanol–water partition coefficient (Wildman–Crippen LogP) is 18.5. The van der Waals surface area contributed by atoms with E-state index in [0.717, 1.165) is 22.5 Å². The monoisotopic (exact) mass is 904 g/mol.